The molecule has 1 unspecified atom stereocenters. The molecule has 0 amide bonds. The summed E-state index contributed by atoms with van der Waals surface area (Å²) in [6, 6.07) is 11.3. The molecule has 138 valence electrons. The zero-order chi connectivity index (χ0) is 18.7. The minimum atomic E-state index is -3.17. The predicted molar refractivity (Wildman–Crippen MR) is 91.5 cm³/mol. The van der Waals surface area contributed by atoms with Crippen LogP contribution in [0.5, 0.6) is 5.75 Å². The molecule has 1 atom stereocenters. The summed E-state index contributed by atoms with van der Waals surface area (Å²) >= 11 is 0. The smallest absolute Gasteiger partial charge is 0.387 e. The van der Waals surface area contributed by atoms with Crippen molar-refractivity contribution in [2.75, 3.05) is 11.9 Å². The Kier molecular flexibility index (Phi) is 5.03. The Hall–Kier alpha value is -2.74. The minimum absolute atomic E-state index is 0.149. The van der Waals surface area contributed by atoms with Gasteiger partial charge in [-0.15, -0.1) is 0 Å². The molecule has 3 rings (SSSR count). The molecule has 0 heterocycles. The Balaban J connectivity index is 1.81. The van der Waals surface area contributed by atoms with Gasteiger partial charge in [0.05, 0.1) is 4.92 Å². The summed E-state index contributed by atoms with van der Waals surface area (Å²) in [5.74, 6) is -0.522. The number of benzene rings is 2. The van der Waals surface area contributed by atoms with Crippen LogP contribution < -0.4 is 10.1 Å². The minimum Gasteiger partial charge on any atom is -0.427 e. The van der Waals surface area contributed by atoms with Gasteiger partial charge in [-0.3, -0.25) is 10.1 Å². The van der Waals surface area contributed by atoms with E-state index in [0.29, 0.717) is 12.1 Å². The molecule has 2 aromatic rings. The summed E-state index contributed by atoms with van der Waals surface area (Å²) in [5.41, 5.74) is 0.624. The number of nitro groups is 1. The molecule has 1 aliphatic rings. The zero-order valence-corrected chi connectivity index (χ0v) is 13.8. The van der Waals surface area contributed by atoms with Crippen LogP contribution in [-0.4, -0.2) is 23.2 Å². The lowest BCUT2D eigenvalue weighted by molar-refractivity contribution is -0.386. The molecule has 0 spiro atoms. The van der Waals surface area contributed by atoms with Crippen molar-refractivity contribution in [1.82, 2.24) is 0 Å². The van der Waals surface area contributed by atoms with Gasteiger partial charge in [0.25, 0.3) is 0 Å². The molecule has 0 radical (unpaired) electrons. The number of nitro benzene ring substituents is 1. The van der Waals surface area contributed by atoms with Crippen molar-refractivity contribution < 1.29 is 23.5 Å². The quantitative estimate of drug-likeness (QED) is 0.601. The SMILES string of the molecule is O=[N+]([O-])c1ccc(NCC2(O)CCCc3ccccc32)cc1OC(F)F. The van der Waals surface area contributed by atoms with Crippen molar-refractivity contribution in [1.29, 1.82) is 0 Å². The van der Waals surface area contributed by atoms with Crippen LogP contribution >= 0.6 is 0 Å². The first-order valence-corrected chi connectivity index (χ1v) is 8.17. The highest BCUT2D eigenvalue weighted by Crippen LogP contribution is 2.36. The number of alkyl halides is 2. The third-order valence-corrected chi connectivity index (χ3v) is 4.51. The van der Waals surface area contributed by atoms with Gasteiger partial charge >= 0.3 is 12.3 Å². The zero-order valence-electron chi connectivity index (χ0n) is 13.8. The number of nitrogens with one attached hydrogen (secondary N) is 1. The molecule has 0 saturated heterocycles. The van der Waals surface area contributed by atoms with E-state index in [9.17, 15) is 24.0 Å². The largest absolute Gasteiger partial charge is 0.427 e. The summed E-state index contributed by atoms with van der Waals surface area (Å²) < 4.78 is 29.2. The van der Waals surface area contributed by atoms with E-state index >= 15 is 0 Å². The average molecular weight is 364 g/mol. The number of halogens is 2. The first-order valence-electron chi connectivity index (χ1n) is 8.17. The maximum atomic E-state index is 12.5. The second-order valence-electron chi connectivity index (χ2n) is 6.21. The van der Waals surface area contributed by atoms with Crippen LogP contribution in [0.2, 0.25) is 0 Å². The monoisotopic (exact) mass is 364 g/mol. The molecule has 0 bridgehead atoms. The van der Waals surface area contributed by atoms with Crippen LogP contribution in [0, 0.1) is 10.1 Å². The van der Waals surface area contributed by atoms with Gasteiger partial charge in [-0.1, -0.05) is 24.3 Å². The maximum absolute atomic E-state index is 12.5. The summed E-state index contributed by atoms with van der Waals surface area (Å²) in [6.07, 6.45) is 2.28. The Morgan fingerprint density at radius 1 is 1.31 bits per heavy atom. The van der Waals surface area contributed by atoms with Crippen LogP contribution in [-0.2, 0) is 12.0 Å². The van der Waals surface area contributed by atoms with E-state index in [-0.39, 0.29) is 6.54 Å². The van der Waals surface area contributed by atoms with E-state index in [2.05, 4.69) is 10.1 Å². The van der Waals surface area contributed by atoms with Gasteiger partial charge in [0.15, 0.2) is 0 Å². The second-order valence-corrected chi connectivity index (χ2v) is 6.21. The molecular formula is C18H18F2N2O4. The van der Waals surface area contributed by atoms with Gasteiger partial charge in [-0.25, -0.2) is 0 Å². The highest BCUT2D eigenvalue weighted by atomic mass is 19.3. The molecule has 0 saturated carbocycles. The van der Waals surface area contributed by atoms with Gasteiger partial charge in [-0.05, 0) is 36.5 Å². The molecule has 2 N–H and O–H groups in total. The molecule has 0 fully saturated rings. The first kappa shape index (κ1) is 18.1. The topological polar surface area (TPSA) is 84.6 Å². The molecule has 0 aromatic heterocycles. The standard InChI is InChI=1S/C18H18F2N2O4/c19-17(20)26-16-10-13(7-8-15(16)22(24)25)21-11-18(23)9-3-5-12-4-1-2-6-14(12)18/h1-2,4,6-8,10,17,21,23H,3,5,9,11H2. The number of aliphatic hydroxyl groups is 1. The summed E-state index contributed by atoms with van der Waals surface area (Å²) in [5, 5.41) is 24.9. The third kappa shape index (κ3) is 3.75. The number of nitrogens with zero attached hydrogens (tertiary/aromatic N) is 1. The fraction of sp³-hybridized carbons (Fsp3) is 0.333. The van der Waals surface area contributed by atoms with Crippen LogP contribution in [0.25, 0.3) is 0 Å². The highest BCUT2D eigenvalue weighted by Gasteiger charge is 2.34. The van der Waals surface area contributed by atoms with Crippen molar-refractivity contribution in [3.63, 3.8) is 0 Å². The Labute approximate surface area is 148 Å². The maximum Gasteiger partial charge on any atom is 0.387 e. The third-order valence-electron chi connectivity index (χ3n) is 4.51. The molecule has 6 nitrogen and oxygen atoms in total. The van der Waals surface area contributed by atoms with Crippen molar-refractivity contribution in [3.8, 4) is 5.75 Å². The normalized spacial score (nSPS) is 19.1. The van der Waals surface area contributed by atoms with E-state index < -0.39 is 28.6 Å². The van der Waals surface area contributed by atoms with Crippen molar-refractivity contribution >= 4 is 11.4 Å². The molecule has 26 heavy (non-hydrogen) atoms. The van der Waals surface area contributed by atoms with E-state index in [4.69, 9.17) is 0 Å². The number of rotatable bonds is 6. The Bertz CT molecular complexity index is 816. The summed E-state index contributed by atoms with van der Waals surface area (Å²) in [4.78, 5) is 10.1. The van der Waals surface area contributed by atoms with E-state index in [1.807, 2.05) is 24.3 Å². The highest BCUT2D eigenvalue weighted by molar-refractivity contribution is 5.58. The molecule has 1 aliphatic carbocycles. The number of hydrogen-bond acceptors (Lipinski definition) is 5. The number of aryl methyl sites for hydroxylation is 1. The summed E-state index contributed by atoms with van der Waals surface area (Å²) in [7, 11) is 0. The number of ether oxygens (including phenoxy) is 1. The van der Waals surface area contributed by atoms with Gasteiger partial charge in [0.2, 0.25) is 5.75 Å². The Morgan fingerprint density at radius 3 is 2.81 bits per heavy atom. The number of hydrogen-bond donors (Lipinski definition) is 2. The van der Waals surface area contributed by atoms with Crippen LogP contribution in [0.1, 0.15) is 24.0 Å². The average Bonchev–Trinajstić information content (AvgIpc) is 2.60. The predicted octanol–water partition coefficient (Wildman–Crippen LogP) is 3.83. The lowest BCUT2D eigenvalue weighted by Gasteiger charge is -2.35. The molecular weight excluding hydrogens is 346 g/mol. The summed E-state index contributed by atoms with van der Waals surface area (Å²) in [6.45, 7) is -3.02. The van der Waals surface area contributed by atoms with Crippen molar-refractivity contribution in [3.05, 3.63) is 63.7 Å². The van der Waals surface area contributed by atoms with E-state index in [1.54, 1.807) is 0 Å². The Morgan fingerprint density at radius 2 is 2.08 bits per heavy atom. The number of anilines is 1. The van der Waals surface area contributed by atoms with Crippen LogP contribution in [0.15, 0.2) is 42.5 Å². The lowest BCUT2D eigenvalue weighted by Crippen LogP contribution is -2.37. The van der Waals surface area contributed by atoms with Gasteiger partial charge in [0, 0.05) is 24.4 Å². The van der Waals surface area contributed by atoms with Gasteiger partial charge < -0.3 is 15.2 Å². The van der Waals surface area contributed by atoms with Crippen molar-refractivity contribution in [2.45, 2.75) is 31.5 Å². The molecule has 2 aromatic carbocycles. The first-order chi connectivity index (χ1) is 12.4. The molecule has 8 heteroatoms. The fourth-order valence-electron chi connectivity index (χ4n) is 3.30. The lowest BCUT2D eigenvalue weighted by atomic mass is 9.79. The van der Waals surface area contributed by atoms with Crippen LogP contribution in [0.3, 0.4) is 0 Å². The number of fused-ring (bicyclic) bond motifs is 1. The second kappa shape index (κ2) is 7.25. The fourth-order valence-corrected chi connectivity index (χ4v) is 3.30. The van der Waals surface area contributed by atoms with Gasteiger partial charge in [0.1, 0.15) is 5.60 Å². The van der Waals surface area contributed by atoms with Gasteiger partial charge in [-0.2, -0.15) is 8.78 Å². The van der Waals surface area contributed by atoms with E-state index in [0.717, 1.165) is 36.1 Å². The van der Waals surface area contributed by atoms with Crippen LogP contribution in [0.4, 0.5) is 20.2 Å². The van der Waals surface area contributed by atoms with Crippen molar-refractivity contribution in [2.24, 2.45) is 0 Å². The van der Waals surface area contributed by atoms with E-state index in [1.165, 1.54) is 6.07 Å². The molecule has 0 aliphatic heterocycles.